The topological polar surface area (TPSA) is 34.2 Å². The van der Waals surface area contributed by atoms with Crippen molar-refractivity contribution in [2.45, 2.75) is 26.7 Å². The molecule has 0 spiro atoms. The molecule has 0 fully saturated rings. The number of H-pyrrole nitrogens is 1. The molecule has 0 aliphatic rings. The van der Waals surface area contributed by atoms with Gasteiger partial charge >= 0.3 is 0 Å². The number of ether oxygens (including phenoxy) is 2. The molecule has 3 rings (SSSR count). The zero-order valence-electron chi connectivity index (χ0n) is 14.4. The summed E-state index contributed by atoms with van der Waals surface area (Å²) in [5.74, 6) is 1.99. The van der Waals surface area contributed by atoms with E-state index in [1.807, 2.05) is 12.1 Å². The highest BCUT2D eigenvalue weighted by Crippen LogP contribution is 2.36. The summed E-state index contributed by atoms with van der Waals surface area (Å²) in [6.45, 7) is 6.58. The van der Waals surface area contributed by atoms with Crippen LogP contribution in [0.1, 0.15) is 30.9 Å². The molecule has 0 unspecified atom stereocenters. The minimum Gasteiger partial charge on any atom is -0.493 e. The highest BCUT2D eigenvalue weighted by Gasteiger charge is 2.13. The highest BCUT2D eigenvalue weighted by molar-refractivity contribution is 5.90. The molecule has 1 heterocycles. The van der Waals surface area contributed by atoms with Crippen LogP contribution in [0.25, 0.3) is 22.0 Å². The van der Waals surface area contributed by atoms with E-state index in [1.165, 1.54) is 27.6 Å². The van der Waals surface area contributed by atoms with Gasteiger partial charge in [-0.15, -0.1) is 0 Å². The molecule has 1 N–H and O–H groups in total. The van der Waals surface area contributed by atoms with Gasteiger partial charge in [-0.25, -0.2) is 0 Å². The van der Waals surface area contributed by atoms with Crippen LogP contribution < -0.4 is 9.47 Å². The van der Waals surface area contributed by atoms with Crippen molar-refractivity contribution in [1.82, 2.24) is 4.98 Å². The number of hydrogen-bond donors (Lipinski definition) is 1. The molecule has 3 nitrogen and oxygen atoms in total. The van der Waals surface area contributed by atoms with E-state index in [9.17, 15) is 0 Å². The summed E-state index contributed by atoms with van der Waals surface area (Å²) in [5.41, 5.74) is 6.14. The molecule has 0 amide bonds. The zero-order chi connectivity index (χ0) is 16.6. The molecular weight excluding hydrogens is 286 g/mol. The molecular formula is C20H23NO2. The van der Waals surface area contributed by atoms with Gasteiger partial charge in [0, 0.05) is 17.1 Å². The first kappa shape index (κ1) is 15.5. The lowest BCUT2D eigenvalue weighted by Crippen LogP contribution is -1.92. The molecule has 0 aliphatic heterocycles. The maximum Gasteiger partial charge on any atom is 0.161 e. The number of methoxy groups -OCH3 is 2. The lowest BCUT2D eigenvalue weighted by atomic mass is 9.95. The predicted molar refractivity (Wildman–Crippen MR) is 95.7 cm³/mol. The summed E-state index contributed by atoms with van der Waals surface area (Å²) >= 11 is 0. The van der Waals surface area contributed by atoms with Crippen LogP contribution in [0.2, 0.25) is 0 Å². The van der Waals surface area contributed by atoms with Gasteiger partial charge in [-0.2, -0.15) is 0 Å². The Morgan fingerprint density at radius 2 is 1.70 bits per heavy atom. The van der Waals surface area contributed by atoms with Crippen LogP contribution in [0.3, 0.4) is 0 Å². The fraction of sp³-hybridized carbons (Fsp3) is 0.300. The molecule has 2 aromatic carbocycles. The number of hydrogen-bond acceptors (Lipinski definition) is 2. The second kappa shape index (κ2) is 5.99. The third kappa shape index (κ3) is 2.67. The third-order valence-corrected chi connectivity index (χ3v) is 4.38. The summed E-state index contributed by atoms with van der Waals surface area (Å²) in [6.07, 6.45) is 2.12. The Labute approximate surface area is 137 Å². The first-order chi connectivity index (χ1) is 11.0. The van der Waals surface area contributed by atoms with E-state index >= 15 is 0 Å². The molecule has 0 saturated carbocycles. The number of aromatic amines is 1. The lowest BCUT2D eigenvalue weighted by Gasteiger charge is -2.12. The summed E-state index contributed by atoms with van der Waals surface area (Å²) in [4.78, 5) is 3.39. The number of rotatable bonds is 4. The van der Waals surface area contributed by atoms with Crippen molar-refractivity contribution in [2.75, 3.05) is 14.2 Å². The largest absolute Gasteiger partial charge is 0.493 e. The SMILES string of the molecule is COc1ccc(-c2cc3c(C(C)C)c[nH]c3cc2C)cc1OC. The Morgan fingerprint density at radius 3 is 2.35 bits per heavy atom. The minimum absolute atomic E-state index is 0.490. The van der Waals surface area contributed by atoms with Gasteiger partial charge in [-0.1, -0.05) is 19.9 Å². The molecule has 0 radical (unpaired) electrons. The van der Waals surface area contributed by atoms with Gasteiger partial charge in [0.1, 0.15) is 0 Å². The van der Waals surface area contributed by atoms with Crippen molar-refractivity contribution in [3.05, 3.63) is 47.7 Å². The fourth-order valence-corrected chi connectivity index (χ4v) is 3.09. The van der Waals surface area contributed by atoms with Gasteiger partial charge in [0.2, 0.25) is 0 Å². The Balaban J connectivity index is 2.19. The van der Waals surface area contributed by atoms with Crippen LogP contribution in [0, 0.1) is 6.92 Å². The average molecular weight is 309 g/mol. The molecule has 1 aromatic heterocycles. The standard InChI is InChI=1S/C20H23NO2/c1-12(2)17-11-21-18-8-13(3)15(10-16(17)18)14-6-7-19(22-4)20(9-14)23-5/h6-12,21H,1-5H3. The average Bonchev–Trinajstić information content (AvgIpc) is 2.96. The number of aryl methyl sites for hydroxylation is 1. The van der Waals surface area contributed by atoms with E-state index in [1.54, 1.807) is 14.2 Å². The van der Waals surface area contributed by atoms with E-state index in [4.69, 9.17) is 9.47 Å². The van der Waals surface area contributed by atoms with E-state index in [-0.39, 0.29) is 0 Å². The zero-order valence-corrected chi connectivity index (χ0v) is 14.4. The Hall–Kier alpha value is -2.42. The molecule has 23 heavy (non-hydrogen) atoms. The van der Waals surface area contributed by atoms with Crippen molar-refractivity contribution >= 4 is 10.9 Å². The molecule has 120 valence electrons. The second-order valence-corrected chi connectivity index (χ2v) is 6.18. The van der Waals surface area contributed by atoms with Crippen molar-refractivity contribution in [3.8, 4) is 22.6 Å². The Bertz CT molecular complexity index is 846. The van der Waals surface area contributed by atoms with E-state index < -0.39 is 0 Å². The number of aromatic nitrogens is 1. The summed E-state index contributed by atoms with van der Waals surface area (Å²) in [6, 6.07) is 10.6. The predicted octanol–water partition coefficient (Wildman–Crippen LogP) is 5.28. The van der Waals surface area contributed by atoms with E-state index in [0.717, 1.165) is 17.1 Å². The maximum absolute atomic E-state index is 5.44. The van der Waals surface area contributed by atoms with E-state index in [2.05, 4.69) is 50.2 Å². The second-order valence-electron chi connectivity index (χ2n) is 6.18. The molecule has 0 aliphatic carbocycles. The van der Waals surface area contributed by atoms with Crippen LogP contribution in [0.5, 0.6) is 11.5 Å². The van der Waals surface area contributed by atoms with Gasteiger partial charge in [0.15, 0.2) is 11.5 Å². The number of fused-ring (bicyclic) bond motifs is 1. The van der Waals surface area contributed by atoms with Crippen LogP contribution in [-0.4, -0.2) is 19.2 Å². The Morgan fingerprint density at radius 1 is 0.957 bits per heavy atom. The summed E-state index contributed by atoms with van der Waals surface area (Å²) in [5, 5.41) is 1.29. The van der Waals surface area contributed by atoms with Crippen molar-refractivity contribution < 1.29 is 9.47 Å². The third-order valence-electron chi connectivity index (χ3n) is 4.38. The Kier molecular flexibility index (Phi) is 4.03. The van der Waals surface area contributed by atoms with Crippen molar-refractivity contribution in [2.24, 2.45) is 0 Å². The lowest BCUT2D eigenvalue weighted by molar-refractivity contribution is 0.355. The highest BCUT2D eigenvalue weighted by atomic mass is 16.5. The first-order valence-electron chi connectivity index (χ1n) is 7.89. The molecule has 3 heteroatoms. The quantitative estimate of drug-likeness (QED) is 0.711. The van der Waals surface area contributed by atoms with Gasteiger partial charge in [0.05, 0.1) is 14.2 Å². The first-order valence-corrected chi connectivity index (χ1v) is 7.89. The van der Waals surface area contributed by atoms with Crippen molar-refractivity contribution in [1.29, 1.82) is 0 Å². The van der Waals surface area contributed by atoms with Crippen LogP contribution in [-0.2, 0) is 0 Å². The van der Waals surface area contributed by atoms with Crippen LogP contribution in [0.15, 0.2) is 36.5 Å². The fourth-order valence-electron chi connectivity index (χ4n) is 3.09. The smallest absolute Gasteiger partial charge is 0.161 e. The molecule has 0 saturated heterocycles. The van der Waals surface area contributed by atoms with Gasteiger partial charge in [-0.3, -0.25) is 0 Å². The van der Waals surface area contributed by atoms with E-state index in [0.29, 0.717) is 5.92 Å². The van der Waals surface area contributed by atoms with Gasteiger partial charge in [-0.05, 0) is 59.4 Å². The normalized spacial score (nSPS) is 11.2. The molecule has 3 aromatic rings. The van der Waals surface area contributed by atoms with Crippen LogP contribution >= 0.6 is 0 Å². The van der Waals surface area contributed by atoms with Crippen LogP contribution in [0.4, 0.5) is 0 Å². The monoisotopic (exact) mass is 309 g/mol. The number of nitrogens with one attached hydrogen (secondary N) is 1. The van der Waals surface area contributed by atoms with Crippen molar-refractivity contribution in [3.63, 3.8) is 0 Å². The summed E-state index contributed by atoms with van der Waals surface area (Å²) < 4.78 is 10.8. The maximum atomic E-state index is 5.44. The number of benzene rings is 2. The molecule has 0 bridgehead atoms. The molecule has 0 atom stereocenters. The minimum atomic E-state index is 0.490. The van der Waals surface area contributed by atoms with Gasteiger partial charge in [0.25, 0.3) is 0 Å². The summed E-state index contributed by atoms with van der Waals surface area (Å²) in [7, 11) is 3.32. The van der Waals surface area contributed by atoms with Gasteiger partial charge < -0.3 is 14.5 Å².